The average Bonchev–Trinajstić information content (AvgIpc) is 2.87. The van der Waals surface area contributed by atoms with E-state index >= 15 is 0 Å². The van der Waals surface area contributed by atoms with Gasteiger partial charge in [0, 0.05) is 25.2 Å². The molecule has 1 heterocycles. The molecule has 0 radical (unpaired) electrons. The molecule has 1 aliphatic carbocycles. The van der Waals surface area contributed by atoms with Crippen LogP contribution in [-0.4, -0.2) is 17.9 Å². The number of hydrogen-bond acceptors (Lipinski definition) is 3. The van der Waals surface area contributed by atoms with Crippen LogP contribution in [0.1, 0.15) is 89.9 Å². The van der Waals surface area contributed by atoms with Crippen LogP contribution in [0.3, 0.4) is 0 Å². The lowest BCUT2D eigenvalue weighted by molar-refractivity contribution is -0.151. The van der Waals surface area contributed by atoms with Crippen molar-refractivity contribution in [3.8, 4) is 0 Å². The maximum Gasteiger partial charge on any atom is 0.306 e. The number of esters is 1. The average molecular weight is 294 g/mol. The lowest BCUT2D eigenvalue weighted by Gasteiger charge is -2.20. The molecule has 0 N–H and O–H groups in total. The minimum atomic E-state index is -0.0496. The molecular weight excluding hydrogens is 264 g/mol. The van der Waals surface area contributed by atoms with Crippen LogP contribution in [0, 0.1) is 5.92 Å². The smallest absolute Gasteiger partial charge is 0.306 e. The predicted octanol–water partition coefficient (Wildman–Crippen LogP) is 4.57. The van der Waals surface area contributed by atoms with Crippen LogP contribution in [0.5, 0.6) is 0 Å². The normalized spacial score (nSPS) is 30.7. The highest BCUT2D eigenvalue weighted by molar-refractivity contribution is 5.78. The van der Waals surface area contributed by atoms with Gasteiger partial charge in [0.15, 0.2) is 0 Å². The SMILES string of the molecule is O=C1CCCCCCCCCCC(=O)O[C@H]2CCC[C@H]2C1. The Kier molecular flexibility index (Phi) is 7.25. The van der Waals surface area contributed by atoms with Gasteiger partial charge in [-0.05, 0) is 32.1 Å². The topological polar surface area (TPSA) is 43.4 Å². The van der Waals surface area contributed by atoms with Crippen molar-refractivity contribution in [2.24, 2.45) is 5.92 Å². The molecule has 1 aliphatic heterocycles. The molecule has 0 bridgehead atoms. The lowest BCUT2D eigenvalue weighted by atomic mass is 9.95. The fraction of sp³-hybridized carbons (Fsp3) is 0.889. The summed E-state index contributed by atoms with van der Waals surface area (Å²) in [5, 5.41) is 0. The van der Waals surface area contributed by atoms with E-state index in [1.54, 1.807) is 0 Å². The minimum Gasteiger partial charge on any atom is -0.462 e. The summed E-state index contributed by atoms with van der Waals surface area (Å²) in [6.45, 7) is 0. The molecular formula is C18H30O3. The van der Waals surface area contributed by atoms with Crippen molar-refractivity contribution >= 4 is 11.8 Å². The van der Waals surface area contributed by atoms with E-state index in [0.29, 0.717) is 18.6 Å². The van der Waals surface area contributed by atoms with Gasteiger partial charge in [-0.15, -0.1) is 0 Å². The highest BCUT2D eigenvalue weighted by Crippen LogP contribution is 2.32. The quantitative estimate of drug-likeness (QED) is 0.614. The van der Waals surface area contributed by atoms with Gasteiger partial charge in [-0.2, -0.15) is 0 Å². The Morgan fingerprint density at radius 2 is 1.33 bits per heavy atom. The second kappa shape index (κ2) is 9.22. The lowest BCUT2D eigenvalue weighted by Crippen LogP contribution is -2.24. The van der Waals surface area contributed by atoms with E-state index < -0.39 is 0 Å². The second-order valence-corrected chi connectivity index (χ2v) is 6.79. The Labute approximate surface area is 128 Å². The first-order chi connectivity index (χ1) is 10.3. The third-order valence-corrected chi connectivity index (χ3v) is 4.95. The van der Waals surface area contributed by atoms with E-state index in [1.807, 2.05) is 0 Å². The zero-order valence-corrected chi connectivity index (χ0v) is 13.3. The molecule has 3 heteroatoms. The van der Waals surface area contributed by atoms with E-state index in [9.17, 15) is 9.59 Å². The summed E-state index contributed by atoms with van der Waals surface area (Å²) in [5.41, 5.74) is 0. The predicted molar refractivity (Wildman–Crippen MR) is 83.0 cm³/mol. The van der Waals surface area contributed by atoms with Crippen LogP contribution in [0.25, 0.3) is 0 Å². The van der Waals surface area contributed by atoms with Crippen LogP contribution in [0.4, 0.5) is 0 Å². The van der Waals surface area contributed by atoms with Crippen molar-refractivity contribution in [3.05, 3.63) is 0 Å². The highest BCUT2D eigenvalue weighted by atomic mass is 16.5. The van der Waals surface area contributed by atoms with Crippen LogP contribution in [-0.2, 0) is 14.3 Å². The molecule has 1 saturated heterocycles. The monoisotopic (exact) mass is 294 g/mol. The highest BCUT2D eigenvalue weighted by Gasteiger charge is 2.31. The Hall–Kier alpha value is -0.860. The van der Waals surface area contributed by atoms with Crippen molar-refractivity contribution in [1.82, 2.24) is 0 Å². The summed E-state index contributed by atoms with van der Waals surface area (Å²) in [6, 6.07) is 0. The zero-order chi connectivity index (χ0) is 14.9. The molecule has 0 aromatic rings. The second-order valence-electron chi connectivity index (χ2n) is 6.79. The number of carbonyl (C=O) groups excluding carboxylic acids is 2. The molecule has 21 heavy (non-hydrogen) atoms. The van der Waals surface area contributed by atoms with E-state index in [0.717, 1.165) is 44.9 Å². The number of carbonyl (C=O) groups is 2. The van der Waals surface area contributed by atoms with Gasteiger partial charge in [0.2, 0.25) is 0 Å². The Balaban J connectivity index is 1.84. The number of Topliss-reactive ketones (excluding diaryl/α,β-unsaturated/α-hetero) is 1. The van der Waals surface area contributed by atoms with Crippen molar-refractivity contribution in [1.29, 1.82) is 0 Å². The van der Waals surface area contributed by atoms with Crippen molar-refractivity contribution < 1.29 is 14.3 Å². The molecule has 2 aliphatic rings. The number of fused-ring (bicyclic) bond motifs is 1. The Bertz CT molecular complexity index is 305. The Morgan fingerprint density at radius 1 is 0.714 bits per heavy atom. The fourth-order valence-corrected chi connectivity index (χ4v) is 3.67. The molecule has 0 aromatic heterocycles. The standard InChI is InChI=1S/C18H30O3/c19-16-11-7-5-3-1-2-4-6-8-13-18(20)21-17-12-9-10-15(17)14-16/h15,17H,1-14H2/t15-,17-/m0/s1. The molecule has 2 rings (SSSR count). The maximum absolute atomic E-state index is 12.1. The maximum atomic E-state index is 12.1. The molecule has 3 nitrogen and oxygen atoms in total. The van der Waals surface area contributed by atoms with Crippen molar-refractivity contribution in [2.75, 3.05) is 0 Å². The van der Waals surface area contributed by atoms with Crippen molar-refractivity contribution in [3.63, 3.8) is 0 Å². The van der Waals surface area contributed by atoms with Crippen LogP contribution >= 0.6 is 0 Å². The van der Waals surface area contributed by atoms with E-state index in [-0.39, 0.29) is 18.0 Å². The van der Waals surface area contributed by atoms with E-state index in [2.05, 4.69) is 0 Å². The summed E-state index contributed by atoms with van der Waals surface area (Å²) in [5.74, 6) is 0.607. The molecule has 0 aromatic carbocycles. The largest absolute Gasteiger partial charge is 0.462 e. The number of hydrogen-bond donors (Lipinski definition) is 0. The van der Waals surface area contributed by atoms with Gasteiger partial charge in [0.1, 0.15) is 11.9 Å². The first kappa shape index (κ1) is 16.5. The first-order valence-corrected chi connectivity index (χ1v) is 8.97. The number of rotatable bonds is 0. The summed E-state index contributed by atoms with van der Waals surface area (Å²) < 4.78 is 5.63. The first-order valence-electron chi connectivity index (χ1n) is 8.97. The molecule has 0 spiro atoms. The van der Waals surface area contributed by atoms with Gasteiger partial charge in [-0.3, -0.25) is 9.59 Å². The van der Waals surface area contributed by atoms with Gasteiger partial charge in [-0.1, -0.05) is 38.5 Å². The summed E-state index contributed by atoms with van der Waals surface area (Å²) >= 11 is 0. The number of ketones is 1. The Morgan fingerprint density at radius 3 is 2.05 bits per heavy atom. The van der Waals surface area contributed by atoms with Crippen molar-refractivity contribution in [2.45, 2.75) is 96.0 Å². The molecule has 120 valence electrons. The molecule has 0 amide bonds. The number of ether oxygens (including phenoxy) is 1. The zero-order valence-electron chi connectivity index (χ0n) is 13.3. The summed E-state index contributed by atoms with van der Waals surface area (Å²) in [7, 11) is 0. The van der Waals surface area contributed by atoms with E-state index in [4.69, 9.17) is 4.74 Å². The van der Waals surface area contributed by atoms with Gasteiger partial charge >= 0.3 is 5.97 Å². The van der Waals surface area contributed by atoms with Crippen LogP contribution in [0.2, 0.25) is 0 Å². The summed E-state index contributed by atoms with van der Waals surface area (Å²) in [4.78, 5) is 24.0. The van der Waals surface area contributed by atoms with E-state index in [1.165, 1.54) is 32.1 Å². The third kappa shape index (κ3) is 6.19. The van der Waals surface area contributed by atoms with Gasteiger partial charge in [0.05, 0.1) is 0 Å². The van der Waals surface area contributed by atoms with Gasteiger partial charge in [0.25, 0.3) is 0 Å². The van der Waals surface area contributed by atoms with Crippen LogP contribution < -0.4 is 0 Å². The fourth-order valence-electron chi connectivity index (χ4n) is 3.67. The summed E-state index contributed by atoms with van der Waals surface area (Å²) in [6.07, 6.45) is 14.3. The van der Waals surface area contributed by atoms with Crippen LogP contribution in [0.15, 0.2) is 0 Å². The molecule has 2 fully saturated rings. The molecule has 1 saturated carbocycles. The third-order valence-electron chi connectivity index (χ3n) is 4.95. The molecule has 2 atom stereocenters. The molecule has 0 unspecified atom stereocenters. The minimum absolute atomic E-state index is 0.00866. The van der Waals surface area contributed by atoms with Gasteiger partial charge in [-0.25, -0.2) is 0 Å². The van der Waals surface area contributed by atoms with Gasteiger partial charge < -0.3 is 4.74 Å².